The van der Waals surface area contributed by atoms with Crippen molar-refractivity contribution in [3.05, 3.63) is 20.8 Å². The minimum Gasteiger partial charge on any atom is -0.481 e. The van der Waals surface area contributed by atoms with E-state index in [1.54, 1.807) is 11.3 Å². The molecule has 0 saturated heterocycles. The summed E-state index contributed by atoms with van der Waals surface area (Å²) < 4.78 is 0.974. The fourth-order valence-electron chi connectivity index (χ4n) is 2.62. The van der Waals surface area contributed by atoms with E-state index >= 15 is 0 Å². The highest BCUT2D eigenvalue weighted by Gasteiger charge is 2.39. The van der Waals surface area contributed by atoms with Crippen molar-refractivity contribution < 1.29 is 14.7 Å². The number of carbonyl (C=O) groups excluding carboxylic acids is 1. The molecule has 2 amide bonds. The summed E-state index contributed by atoms with van der Waals surface area (Å²) in [5, 5.41) is 16.9. The lowest BCUT2D eigenvalue weighted by molar-refractivity contribution is -0.150. The molecule has 1 aromatic rings. The minimum atomic E-state index is -0.802. The van der Waals surface area contributed by atoms with E-state index in [1.165, 1.54) is 0 Å². The van der Waals surface area contributed by atoms with Gasteiger partial charge in [0.05, 0.1) is 12.0 Å². The van der Waals surface area contributed by atoms with Gasteiger partial charge in [-0.15, -0.1) is 11.3 Å². The lowest BCUT2D eigenvalue weighted by Gasteiger charge is -2.33. The highest BCUT2D eigenvalue weighted by Crippen LogP contribution is 2.36. The molecule has 0 atom stereocenters. The maximum atomic E-state index is 11.8. The maximum absolute atomic E-state index is 11.8. The summed E-state index contributed by atoms with van der Waals surface area (Å²) in [5.74, 6) is -0.802. The van der Waals surface area contributed by atoms with E-state index in [9.17, 15) is 14.7 Å². The summed E-state index contributed by atoms with van der Waals surface area (Å²) in [6.45, 7) is 0.629. The van der Waals surface area contributed by atoms with Crippen molar-refractivity contribution >= 4 is 39.3 Å². The maximum Gasteiger partial charge on any atom is 0.315 e. The molecule has 1 aliphatic carbocycles. The van der Waals surface area contributed by atoms with Crippen LogP contribution in [0.4, 0.5) is 4.79 Å². The number of carboxylic acid groups (broad SMARTS) is 1. The molecular formula is C14H19BrN2O3S. The monoisotopic (exact) mass is 374 g/mol. The number of rotatable bonds is 5. The van der Waals surface area contributed by atoms with Crippen LogP contribution in [0.5, 0.6) is 0 Å². The Hall–Kier alpha value is -1.08. The number of hydrogen-bond acceptors (Lipinski definition) is 3. The average molecular weight is 375 g/mol. The van der Waals surface area contributed by atoms with Crippen LogP contribution in [-0.2, 0) is 11.3 Å². The number of carbonyl (C=O) groups is 2. The van der Waals surface area contributed by atoms with Gasteiger partial charge in [0.15, 0.2) is 0 Å². The smallest absolute Gasteiger partial charge is 0.315 e. The number of carboxylic acids is 1. The zero-order valence-electron chi connectivity index (χ0n) is 11.7. The highest BCUT2D eigenvalue weighted by atomic mass is 79.9. The van der Waals surface area contributed by atoms with Crippen LogP contribution in [0, 0.1) is 5.41 Å². The number of nitrogens with one attached hydrogen (secondary N) is 2. The topological polar surface area (TPSA) is 78.4 Å². The van der Waals surface area contributed by atoms with Gasteiger partial charge in [0, 0.05) is 15.9 Å². The van der Waals surface area contributed by atoms with Crippen molar-refractivity contribution in [2.45, 2.75) is 38.6 Å². The zero-order valence-corrected chi connectivity index (χ0v) is 14.1. The molecule has 1 fully saturated rings. The van der Waals surface area contributed by atoms with Gasteiger partial charge in [-0.1, -0.05) is 19.3 Å². The SMILES string of the molecule is O=C(NCc1sccc1Br)NCC1(C(=O)O)CCCCC1. The van der Waals surface area contributed by atoms with Gasteiger partial charge in [0.25, 0.3) is 0 Å². The molecular weight excluding hydrogens is 356 g/mol. The molecule has 1 heterocycles. The third kappa shape index (κ3) is 4.20. The van der Waals surface area contributed by atoms with Crippen LogP contribution in [0.15, 0.2) is 15.9 Å². The molecule has 116 valence electrons. The van der Waals surface area contributed by atoms with Crippen LogP contribution in [0.25, 0.3) is 0 Å². The number of urea groups is 1. The molecule has 21 heavy (non-hydrogen) atoms. The molecule has 3 N–H and O–H groups in total. The average Bonchev–Trinajstić information content (AvgIpc) is 2.89. The van der Waals surface area contributed by atoms with E-state index in [0.717, 1.165) is 28.6 Å². The Labute approximate surface area is 136 Å². The lowest BCUT2D eigenvalue weighted by atomic mass is 9.74. The molecule has 5 nitrogen and oxygen atoms in total. The van der Waals surface area contributed by atoms with Crippen molar-refractivity contribution in [3.63, 3.8) is 0 Å². The van der Waals surface area contributed by atoms with Crippen LogP contribution in [0.3, 0.4) is 0 Å². The van der Waals surface area contributed by atoms with Crippen molar-refractivity contribution in [1.82, 2.24) is 10.6 Å². The quantitative estimate of drug-likeness (QED) is 0.739. The van der Waals surface area contributed by atoms with Gasteiger partial charge in [0.2, 0.25) is 0 Å². The van der Waals surface area contributed by atoms with Crippen molar-refractivity contribution in [1.29, 1.82) is 0 Å². The van der Waals surface area contributed by atoms with Gasteiger partial charge in [-0.05, 0) is 40.2 Å². The summed E-state index contributed by atoms with van der Waals surface area (Å²) >= 11 is 4.96. The Bertz CT molecular complexity index is 512. The molecule has 0 bridgehead atoms. The molecule has 0 radical (unpaired) electrons. The van der Waals surface area contributed by atoms with E-state index in [2.05, 4.69) is 26.6 Å². The first-order valence-electron chi connectivity index (χ1n) is 7.00. The van der Waals surface area contributed by atoms with Gasteiger partial charge < -0.3 is 15.7 Å². The molecule has 1 saturated carbocycles. The van der Waals surface area contributed by atoms with Crippen LogP contribution >= 0.6 is 27.3 Å². The molecule has 0 unspecified atom stereocenters. The molecule has 0 aromatic carbocycles. The second kappa shape index (κ2) is 7.26. The lowest BCUT2D eigenvalue weighted by Crippen LogP contribution is -2.47. The fourth-order valence-corrected chi connectivity index (χ4v) is 4.05. The molecule has 1 aromatic heterocycles. The van der Waals surface area contributed by atoms with E-state index in [1.807, 2.05) is 11.4 Å². The van der Waals surface area contributed by atoms with Crippen molar-refractivity contribution in [2.75, 3.05) is 6.54 Å². The third-order valence-corrected chi connectivity index (χ3v) is 5.88. The molecule has 0 aliphatic heterocycles. The molecule has 2 rings (SSSR count). The second-order valence-corrected chi connectivity index (χ2v) is 7.23. The number of hydrogen-bond donors (Lipinski definition) is 3. The van der Waals surface area contributed by atoms with Crippen LogP contribution in [-0.4, -0.2) is 23.7 Å². The van der Waals surface area contributed by atoms with Crippen LogP contribution < -0.4 is 10.6 Å². The number of amides is 2. The van der Waals surface area contributed by atoms with Crippen LogP contribution in [0.1, 0.15) is 37.0 Å². The van der Waals surface area contributed by atoms with E-state index < -0.39 is 11.4 Å². The van der Waals surface area contributed by atoms with E-state index in [0.29, 0.717) is 19.4 Å². The molecule has 7 heteroatoms. The largest absolute Gasteiger partial charge is 0.481 e. The Morgan fingerprint density at radius 3 is 2.57 bits per heavy atom. The zero-order chi connectivity index (χ0) is 15.3. The minimum absolute atomic E-state index is 0.194. The fraction of sp³-hybridized carbons (Fsp3) is 0.571. The predicted molar refractivity (Wildman–Crippen MR) is 85.4 cm³/mol. The summed E-state index contributed by atoms with van der Waals surface area (Å²) in [6.07, 6.45) is 4.18. The first-order chi connectivity index (χ1) is 10.0. The Kier molecular flexibility index (Phi) is 5.64. The predicted octanol–water partition coefficient (Wildman–Crippen LogP) is 3.34. The number of aliphatic carboxylic acids is 1. The normalized spacial score (nSPS) is 17.2. The highest BCUT2D eigenvalue weighted by molar-refractivity contribution is 9.10. The standard InChI is InChI=1S/C14H19BrN2O3S/c15-10-4-7-21-11(10)8-16-13(20)17-9-14(12(18)19)5-2-1-3-6-14/h4,7H,1-3,5-6,8-9H2,(H,18,19)(H2,16,17,20). The summed E-state index contributed by atoms with van der Waals surface area (Å²) in [5.41, 5.74) is -0.793. The van der Waals surface area contributed by atoms with Crippen molar-refractivity contribution in [3.8, 4) is 0 Å². The summed E-state index contributed by atoms with van der Waals surface area (Å²) in [6, 6.07) is 1.61. The van der Waals surface area contributed by atoms with Crippen LogP contribution in [0.2, 0.25) is 0 Å². The van der Waals surface area contributed by atoms with Gasteiger partial charge in [-0.2, -0.15) is 0 Å². The first kappa shape index (κ1) is 16.3. The third-order valence-electron chi connectivity index (χ3n) is 3.95. The van der Waals surface area contributed by atoms with Gasteiger partial charge in [-0.3, -0.25) is 4.79 Å². The van der Waals surface area contributed by atoms with Gasteiger partial charge >= 0.3 is 12.0 Å². The van der Waals surface area contributed by atoms with Gasteiger partial charge in [-0.25, -0.2) is 4.79 Å². The Morgan fingerprint density at radius 1 is 1.29 bits per heavy atom. The molecule has 1 aliphatic rings. The van der Waals surface area contributed by atoms with Gasteiger partial charge in [0.1, 0.15) is 0 Å². The Morgan fingerprint density at radius 2 is 2.00 bits per heavy atom. The summed E-state index contributed by atoms with van der Waals surface area (Å²) in [4.78, 5) is 24.4. The number of halogens is 1. The second-order valence-electron chi connectivity index (χ2n) is 5.37. The number of thiophene rings is 1. The van der Waals surface area contributed by atoms with Crippen molar-refractivity contribution in [2.24, 2.45) is 5.41 Å². The Balaban J connectivity index is 1.82. The molecule has 0 spiro atoms. The summed E-state index contributed by atoms with van der Waals surface area (Å²) in [7, 11) is 0. The first-order valence-corrected chi connectivity index (χ1v) is 8.68. The van der Waals surface area contributed by atoms with E-state index in [-0.39, 0.29) is 12.6 Å². The van der Waals surface area contributed by atoms with E-state index in [4.69, 9.17) is 0 Å².